The summed E-state index contributed by atoms with van der Waals surface area (Å²) < 4.78 is 0. The number of piperazine rings is 1. The molecule has 2 rings (SSSR count). The van der Waals surface area contributed by atoms with Crippen molar-refractivity contribution in [2.75, 3.05) is 36.4 Å². The molecular weight excluding hydrogens is 398 g/mol. The Balaban J connectivity index is 1.82. The van der Waals surface area contributed by atoms with E-state index in [2.05, 4.69) is 63.9 Å². The van der Waals surface area contributed by atoms with Gasteiger partial charge in [0.25, 0.3) is 0 Å². The van der Waals surface area contributed by atoms with Gasteiger partial charge in [-0.15, -0.1) is 0 Å². The normalized spacial score (nSPS) is 16.6. The minimum atomic E-state index is 0.0892. The molecule has 0 unspecified atom stereocenters. The Bertz CT molecular complexity index is 715. The summed E-state index contributed by atoms with van der Waals surface area (Å²) in [5.74, 6) is 0.915. The summed E-state index contributed by atoms with van der Waals surface area (Å²) in [6.07, 6.45) is 5.75. The van der Waals surface area contributed by atoms with E-state index in [1.807, 2.05) is 17.0 Å². The first-order chi connectivity index (χ1) is 15.1. The highest BCUT2D eigenvalue weighted by Gasteiger charge is 2.24. The van der Waals surface area contributed by atoms with Crippen LogP contribution in [-0.4, -0.2) is 42.9 Å². The molecule has 180 valence electrons. The van der Waals surface area contributed by atoms with E-state index in [0.29, 0.717) is 12.3 Å². The number of nitrogens with zero attached hydrogens (tertiary/aromatic N) is 2. The van der Waals surface area contributed by atoms with Crippen molar-refractivity contribution in [3.05, 3.63) is 24.3 Å². The summed E-state index contributed by atoms with van der Waals surface area (Å²) in [4.78, 5) is 29.6. The fourth-order valence-corrected chi connectivity index (χ4v) is 4.73. The molecule has 1 aromatic carbocycles. The van der Waals surface area contributed by atoms with Crippen LogP contribution in [0.25, 0.3) is 0 Å². The Morgan fingerprint density at radius 1 is 1.03 bits per heavy atom. The molecule has 1 N–H and O–H groups in total. The molecular formula is C27H45N3O2. The lowest BCUT2D eigenvalue weighted by Crippen LogP contribution is -2.49. The highest BCUT2D eigenvalue weighted by molar-refractivity contribution is 5.92. The van der Waals surface area contributed by atoms with Crippen LogP contribution in [0.1, 0.15) is 80.1 Å². The fraction of sp³-hybridized carbons (Fsp3) is 0.704. The number of carbonyl (C=O) groups excluding carboxylic acids is 2. The molecule has 1 heterocycles. The van der Waals surface area contributed by atoms with Crippen molar-refractivity contribution in [1.82, 2.24) is 4.90 Å². The molecule has 2 atom stereocenters. The Labute approximate surface area is 195 Å². The average Bonchev–Trinajstić information content (AvgIpc) is 2.73. The molecule has 1 fully saturated rings. The van der Waals surface area contributed by atoms with E-state index >= 15 is 0 Å². The third-order valence-electron chi connectivity index (χ3n) is 6.39. The van der Waals surface area contributed by atoms with Crippen LogP contribution in [0.3, 0.4) is 0 Å². The molecule has 5 heteroatoms. The molecule has 0 radical (unpaired) electrons. The summed E-state index contributed by atoms with van der Waals surface area (Å²) in [6.45, 7) is 16.4. The van der Waals surface area contributed by atoms with Crippen LogP contribution in [-0.2, 0) is 9.59 Å². The number of amides is 2. The highest BCUT2D eigenvalue weighted by Crippen LogP contribution is 2.27. The zero-order valence-corrected chi connectivity index (χ0v) is 21.2. The van der Waals surface area contributed by atoms with Gasteiger partial charge in [-0.3, -0.25) is 9.59 Å². The number of nitrogens with one attached hydrogen (secondary N) is 1. The quantitative estimate of drug-likeness (QED) is 0.486. The van der Waals surface area contributed by atoms with Crippen molar-refractivity contribution < 1.29 is 9.59 Å². The van der Waals surface area contributed by atoms with Crippen LogP contribution in [0, 0.1) is 17.3 Å². The third-order valence-corrected chi connectivity index (χ3v) is 6.39. The maximum atomic E-state index is 12.7. The second-order valence-electron chi connectivity index (χ2n) is 10.7. The Hall–Kier alpha value is -2.04. The van der Waals surface area contributed by atoms with E-state index in [1.54, 1.807) is 0 Å². The summed E-state index contributed by atoms with van der Waals surface area (Å²) in [6, 6.07) is 8.13. The standard InChI is InChI=1S/C27H45N3O2/c1-7-9-10-22(8-2)26(32)28-23-11-13-24(14-12-23)29-15-17-30(18-16-29)25(31)19-21(3)20-27(4,5)6/h11-14,21-22H,7-10,15-20H2,1-6H3,(H,28,32)/t21-,22-/m1/s1. The molecule has 0 spiro atoms. The van der Waals surface area contributed by atoms with Crippen LogP contribution in [0.2, 0.25) is 0 Å². The van der Waals surface area contributed by atoms with Gasteiger partial charge in [-0.05, 0) is 54.9 Å². The Morgan fingerprint density at radius 3 is 2.19 bits per heavy atom. The van der Waals surface area contributed by atoms with Crippen molar-refractivity contribution in [3.63, 3.8) is 0 Å². The van der Waals surface area contributed by atoms with Crippen LogP contribution < -0.4 is 10.2 Å². The van der Waals surface area contributed by atoms with Crippen LogP contribution in [0.15, 0.2) is 24.3 Å². The minimum Gasteiger partial charge on any atom is -0.368 e. The lowest BCUT2D eigenvalue weighted by Gasteiger charge is -2.37. The van der Waals surface area contributed by atoms with Crippen molar-refractivity contribution in [2.45, 2.75) is 80.1 Å². The van der Waals surface area contributed by atoms with Gasteiger partial charge in [-0.25, -0.2) is 0 Å². The molecule has 0 aliphatic carbocycles. The van der Waals surface area contributed by atoms with Gasteiger partial charge in [0.05, 0.1) is 0 Å². The number of unbranched alkanes of at least 4 members (excludes halogenated alkanes) is 1. The van der Waals surface area contributed by atoms with E-state index in [4.69, 9.17) is 0 Å². The SMILES string of the molecule is CCCC[C@@H](CC)C(=O)Nc1ccc(N2CCN(C(=O)C[C@@H](C)CC(C)(C)C)CC2)cc1. The van der Waals surface area contributed by atoms with E-state index in [1.165, 1.54) is 0 Å². The third kappa shape index (κ3) is 8.48. The van der Waals surface area contributed by atoms with Gasteiger partial charge in [-0.2, -0.15) is 0 Å². The number of anilines is 2. The smallest absolute Gasteiger partial charge is 0.227 e. The Morgan fingerprint density at radius 2 is 1.66 bits per heavy atom. The van der Waals surface area contributed by atoms with E-state index in [9.17, 15) is 9.59 Å². The van der Waals surface area contributed by atoms with Gasteiger partial charge in [0.1, 0.15) is 0 Å². The van der Waals surface area contributed by atoms with Crippen LogP contribution in [0.4, 0.5) is 11.4 Å². The lowest BCUT2D eigenvalue weighted by molar-refractivity contribution is -0.132. The second kappa shape index (κ2) is 12.3. The van der Waals surface area contributed by atoms with E-state index < -0.39 is 0 Å². The topological polar surface area (TPSA) is 52.7 Å². The van der Waals surface area contributed by atoms with Crippen molar-refractivity contribution >= 4 is 23.2 Å². The first kappa shape index (κ1) is 26.2. The largest absolute Gasteiger partial charge is 0.368 e. The minimum absolute atomic E-state index is 0.0892. The van der Waals surface area contributed by atoms with Crippen LogP contribution in [0.5, 0.6) is 0 Å². The molecule has 0 bridgehead atoms. The number of rotatable bonds is 10. The van der Waals surface area contributed by atoms with Gasteiger partial charge in [0.15, 0.2) is 0 Å². The lowest BCUT2D eigenvalue weighted by atomic mass is 9.84. The zero-order valence-electron chi connectivity index (χ0n) is 21.2. The number of hydrogen-bond donors (Lipinski definition) is 1. The fourth-order valence-electron chi connectivity index (χ4n) is 4.73. The average molecular weight is 444 g/mol. The maximum Gasteiger partial charge on any atom is 0.227 e. The molecule has 1 aromatic rings. The zero-order chi connectivity index (χ0) is 23.7. The summed E-state index contributed by atoms with van der Waals surface area (Å²) >= 11 is 0. The molecule has 0 saturated carbocycles. The molecule has 1 saturated heterocycles. The molecule has 0 aromatic heterocycles. The van der Waals surface area contributed by atoms with Crippen molar-refractivity contribution in [2.24, 2.45) is 17.3 Å². The maximum absolute atomic E-state index is 12.7. The first-order valence-corrected chi connectivity index (χ1v) is 12.6. The van der Waals surface area contributed by atoms with E-state index in [-0.39, 0.29) is 23.1 Å². The van der Waals surface area contributed by atoms with Gasteiger partial charge in [-0.1, -0.05) is 54.4 Å². The van der Waals surface area contributed by atoms with Gasteiger partial charge in [0, 0.05) is 49.9 Å². The summed E-state index contributed by atoms with van der Waals surface area (Å²) in [7, 11) is 0. The predicted octanol–water partition coefficient (Wildman–Crippen LogP) is 5.95. The molecule has 32 heavy (non-hydrogen) atoms. The van der Waals surface area contributed by atoms with Gasteiger partial charge >= 0.3 is 0 Å². The van der Waals surface area contributed by atoms with E-state index in [0.717, 1.165) is 69.7 Å². The monoisotopic (exact) mass is 443 g/mol. The van der Waals surface area contributed by atoms with Crippen molar-refractivity contribution in [1.29, 1.82) is 0 Å². The molecule has 2 amide bonds. The first-order valence-electron chi connectivity index (χ1n) is 12.6. The summed E-state index contributed by atoms with van der Waals surface area (Å²) in [5.41, 5.74) is 2.27. The van der Waals surface area contributed by atoms with Gasteiger partial charge < -0.3 is 15.1 Å². The number of carbonyl (C=O) groups is 2. The number of benzene rings is 1. The number of hydrogen-bond acceptors (Lipinski definition) is 3. The molecule has 1 aliphatic rings. The van der Waals surface area contributed by atoms with Crippen LogP contribution >= 0.6 is 0 Å². The second-order valence-corrected chi connectivity index (χ2v) is 10.7. The van der Waals surface area contributed by atoms with Crippen molar-refractivity contribution in [3.8, 4) is 0 Å². The summed E-state index contributed by atoms with van der Waals surface area (Å²) in [5, 5.41) is 3.08. The molecule has 5 nitrogen and oxygen atoms in total. The molecule has 1 aliphatic heterocycles. The predicted molar refractivity (Wildman–Crippen MR) is 135 cm³/mol. The Kier molecular flexibility index (Phi) is 10.0. The van der Waals surface area contributed by atoms with Gasteiger partial charge in [0.2, 0.25) is 11.8 Å². The highest BCUT2D eigenvalue weighted by atomic mass is 16.2.